The van der Waals surface area contributed by atoms with E-state index in [2.05, 4.69) is 0 Å². The van der Waals surface area contributed by atoms with E-state index < -0.39 is 46.0 Å². The number of hydrogen-bond donors (Lipinski definition) is 4. The lowest BCUT2D eigenvalue weighted by molar-refractivity contribution is -0.148. The van der Waals surface area contributed by atoms with Crippen molar-refractivity contribution in [1.82, 2.24) is 9.55 Å². The minimum absolute atomic E-state index is 0.240. The number of ether oxygens (including phenoxy) is 1. The van der Waals surface area contributed by atoms with E-state index in [9.17, 15) is 29.4 Å². The molecule has 1 aromatic heterocycles. The Kier molecular flexibility index (Phi) is 5.80. The molecule has 0 saturated carbocycles. The van der Waals surface area contributed by atoms with Crippen LogP contribution in [0.4, 0.5) is 0 Å². The maximum absolute atomic E-state index is 11.8. The molecule has 0 amide bonds. The fourth-order valence-electron chi connectivity index (χ4n) is 2.18. The number of carbonyl (C=O) groups is 2. The van der Waals surface area contributed by atoms with Crippen LogP contribution in [0, 0.1) is 0 Å². The molecular weight excluding hydrogens is 344 g/mol. The zero-order valence-corrected chi connectivity index (χ0v) is 13.1. The summed E-state index contributed by atoms with van der Waals surface area (Å²) in [6.07, 6.45) is -2.02. The van der Waals surface area contributed by atoms with Crippen molar-refractivity contribution in [3.63, 3.8) is 0 Å². The van der Waals surface area contributed by atoms with Crippen molar-refractivity contribution in [2.45, 2.75) is 35.7 Å². The molecule has 0 spiro atoms. The summed E-state index contributed by atoms with van der Waals surface area (Å²) < 4.78 is 5.96. The second-order valence-corrected chi connectivity index (χ2v) is 6.50. The molecule has 10 nitrogen and oxygen atoms in total. The van der Waals surface area contributed by atoms with E-state index in [-0.39, 0.29) is 19.4 Å². The number of aliphatic carboxylic acids is 1. The minimum Gasteiger partial charge on any atom is -0.481 e. The quantitative estimate of drug-likeness (QED) is 0.433. The first-order chi connectivity index (χ1) is 11.3. The lowest BCUT2D eigenvalue weighted by Gasteiger charge is -2.17. The summed E-state index contributed by atoms with van der Waals surface area (Å²) in [4.78, 5) is 46.7. The third kappa shape index (κ3) is 4.24. The highest BCUT2D eigenvalue weighted by Crippen LogP contribution is 2.41. The van der Waals surface area contributed by atoms with Crippen molar-refractivity contribution in [2.75, 3.05) is 6.61 Å². The van der Waals surface area contributed by atoms with Crippen LogP contribution in [0.2, 0.25) is 0 Å². The first-order valence-corrected chi connectivity index (χ1v) is 7.94. The Bertz CT molecular complexity index is 729. The van der Waals surface area contributed by atoms with E-state index in [1.165, 1.54) is 6.20 Å². The molecule has 1 saturated heterocycles. The van der Waals surface area contributed by atoms with E-state index in [1.54, 1.807) is 0 Å². The zero-order valence-electron chi connectivity index (χ0n) is 12.3. The van der Waals surface area contributed by atoms with Crippen molar-refractivity contribution in [3.05, 3.63) is 33.1 Å². The van der Waals surface area contributed by atoms with Gasteiger partial charge in [0.25, 0.3) is 5.56 Å². The largest absolute Gasteiger partial charge is 0.481 e. The van der Waals surface area contributed by atoms with Gasteiger partial charge in [-0.25, -0.2) is 4.79 Å². The molecule has 24 heavy (non-hydrogen) atoms. The molecule has 2 rings (SSSR count). The summed E-state index contributed by atoms with van der Waals surface area (Å²) in [6.45, 7) is -0.240. The van der Waals surface area contributed by atoms with Crippen LogP contribution in [0.5, 0.6) is 0 Å². The second kappa shape index (κ2) is 7.64. The van der Waals surface area contributed by atoms with Crippen molar-refractivity contribution >= 4 is 23.7 Å². The fraction of sp³-hybridized carbons (Fsp3) is 0.538. The lowest BCUT2D eigenvalue weighted by Crippen LogP contribution is -2.37. The molecule has 0 aliphatic carbocycles. The summed E-state index contributed by atoms with van der Waals surface area (Å²) in [5.74, 6) is -1.86. The number of aromatic amines is 1. The number of rotatable bonds is 6. The molecule has 4 unspecified atom stereocenters. The topological polar surface area (TPSA) is 159 Å². The van der Waals surface area contributed by atoms with E-state index in [0.29, 0.717) is 0 Å². The van der Waals surface area contributed by atoms with Crippen LogP contribution < -0.4 is 11.2 Å². The van der Waals surface area contributed by atoms with Gasteiger partial charge in [0.05, 0.1) is 24.2 Å². The molecule has 0 bridgehead atoms. The van der Waals surface area contributed by atoms with E-state index in [4.69, 9.17) is 9.84 Å². The number of aliphatic hydroxyl groups is 2. The standard InChI is InChI=1S/C13H16N2O8S/c16-7-3-4-15(13(22)14-7)12-11(21)10(20)6(24-12)5-23-9(19)2-1-8(17)18/h3-4,6,10-12,20-21H,1-2,5H2,(H,17,18)(H,14,16,22). The third-order valence-electron chi connectivity index (χ3n) is 3.41. The van der Waals surface area contributed by atoms with Gasteiger partial charge in [-0.2, -0.15) is 0 Å². The first-order valence-electron chi connectivity index (χ1n) is 7.00. The Morgan fingerprint density at radius 1 is 1.25 bits per heavy atom. The monoisotopic (exact) mass is 360 g/mol. The Morgan fingerprint density at radius 2 is 1.96 bits per heavy atom. The number of nitrogens with one attached hydrogen (secondary N) is 1. The smallest absolute Gasteiger partial charge is 0.329 e. The number of carboxylic acids is 1. The lowest BCUT2D eigenvalue weighted by atomic mass is 10.1. The van der Waals surface area contributed by atoms with Crippen LogP contribution in [0.3, 0.4) is 0 Å². The fourth-order valence-corrected chi connectivity index (χ4v) is 3.63. The van der Waals surface area contributed by atoms with Crippen LogP contribution in [0.15, 0.2) is 21.9 Å². The van der Waals surface area contributed by atoms with Crippen LogP contribution >= 0.6 is 11.8 Å². The second-order valence-electron chi connectivity index (χ2n) is 5.14. The Hall–Kier alpha value is -2.11. The number of esters is 1. The molecule has 4 N–H and O–H groups in total. The van der Waals surface area contributed by atoms with Crippen molar-refractivity contribution in [3.8, 4) is 0 Å². The van der Waals surface area contributed by atoms with Gasteiger partial charge in [-0.1, -0.05) is 0 Å². The van der Waals surface area contributed by atoms with Gasteiger partial charge in [-0.05, 0) is 0 Å². The number of aliphatic hydroxyl groups excluding tert-OH is 2. The average Bonchev–Trinajstić information content (AvgIpc) is 2.79. The number of thioether (sulfide) groups is 1. The highest BCUT2D eigenvalue weighted by molar-refractivity contribution is 8.00. The normalized spacial score (nSPS) is 26.2. The summed E-state index contributed by atoms with van der Waals surface area (Å²) in [5, 5.41) is 27.0. The van der Waals surface area contributed by atoms with Gasteiger partial charge in [0.2, 0.25) is 0 Å². The van der Waals surface area contributed by atoms with Crippen LogP contribution in [-0.4, -0.2) is 60.9 Å². The molecule has 11 heteroatoms. The molecule has 4 atom stereocenters. The third-order valence-corrected chi connectivity index (χ3v) is 4.96. The van der Waals surface area contributed by atoms with Crippen molar-refractivity contribution in [1.29, 1.82) is 0 Å². The van der Waals surface area contributed by atoms with E-state index in [1.807, 2.05) is 4.98 Å². The van der Waals surface area contributed by atoms with E-state index in [0.717, 1.165) is 22.4 Å². The van der Waals surface area contributed by atoms with Gasteiger partial charge in [0.1, 0.15) is 18.1 Å². The number of carboxylic acid groups (broad SMARTS) is 1. The number of nitrogens with zero attached hydrogens (tertiary/aromatic N) is 1. The van der Waals surface area contributed by atoms with Gasteiger partial charge in [0, 0.05) is 12.3 Å². The molecule has 0 radical (unpaired) electrons. The first kappa shape index (κ1) is 18.2. The Labute approximate surface area is 139 Å². The molecular formula is C13H16N2O8S. The van der Waals surface area contributed by atoms with Gasteiger partial charge >= 0.3 is 17.6 Å². The Balaban J connectivity index is 1.99. The SMILES string of the molecule is O=C(O)CCC(=O)OCC1SC(n2ccc(=O)[nH]c2=O)C(O)C1O. The zero-order chi connectivity index (χ0) is 17.9. The number of aromatic nitrogens is 2. The van der Waals surface area contributed by atoms with Crippen LogP contribution in [0.1, 0.15) is 18.2 Å². The van der Waals surface area contributed by atoms with Gasteiger partial charge in [-0.15, -0.1) is 11.8 Å². The van der Waals surface area contributed by atoms with E-state index >= 15 is 0 Å². The number of hydrogen-bond acceptors (Lipinski definition) is 8. The molecule has 1 aliphatic rings. The summed E-state index contributed by atoms with van der Waals surface area (Å²) in [5.41, 5.74) is -1.32. The van der Waals surface area contributed by atoms with Gasteiger partial charge < -0.3 is 20.1 Å². The molecule has 1 fully saturated rings. The Morgan fingerprint density at radius 3 is 2.58 bits per heavy atom. The van der Waals surface area contributed by atoms with Crippen LogP contribution in [-0.2, 0) is 14.3 Å². The minimum atomic E-state index is -1.30. The van der Waals surface area contributed by atoms with Gasteiger partial charge in [-0.3, -0.25) is 23.9 Å². The van der Waals surface area contributed by atoms with Gasteiger partial charge in [0.15, 0.2) is 0 Å². The summed E-state index contributed by atoms with van der Waals surface area (Å²) in [6, 6.07) is 1.11. The average molecular weight is 360 g/mol. The number of H-pyrrole nitrogens is 1. The molecule has 0 aromatic carbocycles. The van der Waals surface area contributed by atoms with Crippen molar-refractivity contribution in [2.24, 2.45) is 0 Å². The summed E-state index contributed by atoms with van der Waals surface area (Å²) in [7, 11) is 0. The predicted molar refractivity (Wildman–Crippen MR) is 81.6 cm³/mol. The number of carbonyl (C=O) groups excluding carboxylic acids is 1. The molecule has 1 aliphatic heterocycles. The molecule has 1 aromatic rings. The molecule has 132 valence electrons. The maximum atomic E-state index is 11.8. The van der Waals surface area contributed by atoms with Crippen molar-refractivity contribution < 1.29 is 29.6 Å². The molecule has 2 heterocycles. The highest BCUT2D eigenvalue weighted by atomic mass is 32.2. The van der Waals surface area contributed by atoms with Crippen LogP contribution in [0.25, 0.3) is 0 Å². The maximum Gasteiger partial charge on any atom is 0.329 e. The predicted octanol–water partition coefficient (Wildman–Crippen LogP) is -1.72. The summed E-state index contributed by atoms with van der Waals surface area (Å²) >= 11 is 1.01. The highest BCUT2D eigenvalue weighted by Gasteiger charge is 2.44.